The van der Waals surface area contributed by atoms with Crippen LogP contribution in [-0.4, -0.2) is 32.9 Å². The molecule has 0 aliphatic carbocycles. The first-order valence-corrected chi connectivity index (χ1v) is 7.92. The Kier molecular flexibility index (Phi) is 3.57. The second-order valence-corrected chi connectivity index (χ2v) is 5.59. The Labute approximate surface area is 143 Å². The molecule has 0 unspecified atom stereocenters. The monoisotopic (exact) mass is 333 g/mol. The lowest BCUT2D eigenvalue weighted by molar-refractivity contribution is 0.0526. The summed E-state index contributed by atoms with van der Waals surface area (Å²) in [6.45, 7) is 2.09. The average Bonchev–Trinajstić information content (AvgIpc) is 2.99. The maximum Gasteiger partial charge on any atom is 0.338 e. The third-order valence-corrected chi connectivity index (χ3v) is 4.06. The summed E-state index contributed by atoms with van der Waals surface area (Å²) in [4.78, 5) is 15.0. The summed E-state index contributed by atoms with van der Waals surface area (Å²) < 4.78 is 4.98. The molecule has 0 bridgehead atoms. The number of esters is 1. The highest BCUT2D eigenvalue weighted by Crippen LogP contribution is 2.36. The number of fused-ring (bicyclic) bond motifs is 3. The fourth-order valence-electron chi connectivity index (χ4n) is 2.84. The normalized spacial score (nSPS) is 11.1. The smallest absolute Gasteiger partial charge is 0.338 e. The van der Waals surface area contributed by atoms with Gasteiger partial charge in [-0.3, -0.25) is 0 Å². The standard InChI is InChI=1S/C19H15N3O3/c1-2-25-19(24)12-9-7-11(8-10-12)15-18(23)17-16(20-15)13-5-3-4-6-14(13)21-22-17/h3-10,20,23H,2H2,1H3. The van der Waals surface area contributed by atoms with Gasteiger partial charge in [0.05, 0.1) is 28.9 Å². The molecule has 124 valence electrons. The number of hydrogen-bond acceptors (Lipinski definition) is 5. The fraction of sp³-hybridized carbons (Fsp3) is 0.105. The van der Waals surface area contributed by atoms with Crippen LogP contribution >= 0.6 is 0 Å². The molecule has 2 N–H and O–H groups in total. The van der Waals surface area contributed by atoms with Gasteiger partial charge in [0.25, 0.3) is 0 Å². The molecule has 6 nitrogen and oxygen atoms in total. The van der Waals surface area contributed by atoms with Crippen molar-refractivity contribution in [3.8, 4) is 17.0 Å². The minimum absolute atomic E-state index is 0.0390. The van der Waals surface area contributed by atoms with Crippen LogP contribution in [0.1, 0.15) is 17.3 Å². The average molecular weight is 333 g/mol. The second-order valence-electron chi connectivity index (χ2n) is 5.59. The summed E-state index contributed by atoms with van der Waals surface area (Å²) in [6.07, 6.45) is 0. The number of aromatic hydroxyl groups is 1. The predicted octanol–water partition coefficient (Wildman–Crippen LogP) is 3.66. The van der Waals surface area contributed by atoms with Crippen LogP contribution in [0.5, 0.6) is 5.75 Å². The molecule has 0 saturated heterocycles. The van der Waals surface area contributed by atoms with E-state index in [-0.39, 0.29) is 11.7 Å². The van der Waals surface area contributed by atoms with Crippen LogP contribution in [0.4, 0.5) is 0 Å². The Morgan fingerprint density at radius 2 is 1.88 bits per heavy atom. The molecule has 4 aromatic rings. The molecule has 4 rings (SSSR count). The van der Waals surface area contributed by atoms with Crippen molar-refractivity contribution < 1.29 is 14.6 Å². The largest absolute Gasteiger partial charge is 0.504 e. The van der Waals surface area contributed by atoms with Gasteiger partial charge in [-0.2, -0.15) is 0 Å². The van der Waals surface area contributed by atoms with E-state index in [4.69, 9.17) is 4.74 Å². The minimum Gasteiger partial charge on any atom is -0.504 e. The van der Waals surface area contributed by atoms with Crippen LogP contribution < -0.4 is 0 Å². The second kappa shape index (κ2) is 5.90. The van der Waals surface area contributed by atoms with Gasteiger partial charge in [-0.25, -0.2) is 4.79 Å². The number of nitrogens with one attached hydrogen (secondary N) is 1. The molecule has 2 aromatic carbocycles. The molecule has 0 atom stereocenters. The van der Waals surface area contributed by atoms with Crippen LogP contribution in [0.3, 0.4) is 0 Å². The van der Waals surface area contributed by atoms with Crippen LogP contribution in [0, 0.1) is 0 Å². The summed E-state index contributed by atoms with van der Waals surface area (Å²) in [6, 6.07) is 14.4. The quantitative estimate of drug-likeness (QED) is 0.559. The Bertz CT molecular complexity index is 1080. The highest BCUT2D eigenvalue weighted by Gasteiger charge is 2.17. The fourth-order valence-corrected chi connectivity index (χ4v) is 2.84. The van der Waals surface area contributed by atoms with E-state index in [9.17, 15) is 9.90 Å². The van der Waals surface area contributed by atoms with Gasteiger partial charge in [0.15, 0.2) is 11.3 Å². The van der Waals surface area contributed by atoms with Crippen molar-refractivity contribution >= 4 is 27.9 Å². The number of hydrogen-bond donors (Lipinski definition) is 2. The number of carbonyl (C=O) groups is 1. The van der Waals surface area contributed by atoms with E-state index in [1.165, 1.54) is 0 Å². The molecular formula is C19H15N3O3. The lowest BCUT2D eigenvalue weighted by Crippen LogP contribution is -2.03. The van der Waals surface area contributed by atoms with Gasteiger partial charge < -0.3 is 14.8 Å². The Hall–Kier alpha value is -3.41. The number of ether oxygens (including phenoxy) is 1. The summed E-state index contributed by atoms with van der Waals surface area (Å²) in [5.74, 6) is -0.330. The van der Waals surface area contributed by atoms with E-state index in [0.717, 1.165) is 22.0 Å². The zero-order valence-electron chi connectivity index (χ0n) is 13.5. The van der Waals surface area contributed by atoms with Crippen molar-refractivity contribution in [3.63, 3.8) is 0 Å². The number of nitrogens with zero attached hydrogens (tertiary/aromatic N) is 2. The Morgan fingerprint density at radius 1 is 1.12 bits per heavy atom. The lowest BCUT2D eigenvalue weighted by atomic mass is 10.1. The predicted molar refractivity (Wildman–Crippen MR) is 94.5 cm³/mol. The first-order chi connectivity index (χ1) is 12.2. The molecule has 0 aliphatic heterocycles. The van der Waals surface area contributed by atoms with E-state index < -0.39 is 0 Å². The van der Waals surface area contributed by atoms with Gasteiger partial charge in [0.2, 0.25) is 0 Å². The van der Waals surface area contributed by atoms with Crippen molar-refractivity contribution in [1.29, 1.82) is 0 Å². The number of aromatic amines is 1. The van der Waals surface area contributed by atoms with E-state index in [1.54, 1.807) is 31.2 Å². The van der Waals surface area contributed by atoms with E-state index in [0.29, 0.717) is 23.4 Å². The third kappa shape index (κ3) is 2.48. The highest BCUT2D eigenvalue weighted by atomic mass is 16.5. The molecule has 2 heterocycles. The number of H-pyrrole nitrogens is 1. The van der Waals surface area contributed by atoms with Crippen LogP contribution in [-0.2, 0) is 4.74 Å². The molecule has 6 heteroatoms. The summed E-state index contributed by atoms with van der Waals surface area (Å²) in [5.41, 5.74) is 3.64. The van der Waals surface area contributed by atoms with Gasteiger partial charge in [-0.15, -0.1) is 10.2 Å². The summed E-state index contributed by atoms with van der Waals surface area (Å²) >= 11 is 0. The number of rotatable bonds is 3. The van der Waals surface area contributed by atoms with Crippen molar-refractivity contribution in [1.82, 2.24) is 15.2 Å². The maximum absolute atomic E-state index is 11.7. The molecule has 25 heavy (non-hydrogen) atoms. The van der Waals surface area contributed by atoms with Crippen molar-refractivity contribution in [3.05, 3.63) is 54.1 Å². The molecule has 0 fully saturated rings. The van der Waals surface area contributed by atoms with Crippen molar-refractivity contribution in [2.24, 2.45) is 0 Å². The topological polar surface area (TPSA) is 88.1 Å². The number of aromatic nitrogens is 3. The van der Waals surface area contributed by atoms with E-state index in [1.807, 2.05) is 24.3 Å². The SMILES string of the molecule is CCOC(=O)c1ccc(-c2[nH]c3c(nnc4ccccc43)c2O)cc1. The zero-order chi connectivity index (χ0) is 17.4. The van der Waals surface area contributed by atoms with Gasteiger partial charge >= 0.3 is 5.97 Å². The van der Waals surface area contributed by atoms with E-state index in [2.05, 4.69) is 15.2 Å². The van der Waals surface area contributed by atoms with Gasteiger partial charge in [-0.1, -0.05) is 30.3 Å². The number of carbonyl (C=O) groups excluding carboxylic acids is 1. The molecule has 0 amide bonds. The molecular weight excluding hydrogens is 318 g/mol. The highest BCUT2D eigenvalue weighted by molar-refractivity contribution is 6.06. The Morgan fingerprint density at radius 3 is 2.64 bits per heavy atom. The zero-order valence-corrected chi connectivity index (χ0v) is 13.5. The van der Waals surface area contributed by atoms with Gasteiger partial charge in [0.1, 0.15) is 0 Å². The summed E-state index contributed by atoms with van der Waals surface area (Å²) in [5, 5.41) is 19.7. The first kappa shape index (κ1) is 15.1. The van der Waals surface area contributed by atoms with Crippen molar-refractivity contribution in [2.75, 3.05) is 6.61 Å². The van der Waals surface area contributed by atoms with Crippen molar-refractivity contribution in [2.45, 2.75) is 6.92 Å². The molecule has 0 spiro atoms. The number of benzene rings is 2. The molecule has 0 radical (unpaired) electrons. The van der Waals surface area contributed by atoms with Gasteiger partial charge in [-0.05, 0) is 25.1 Å². The minimum atomic E-state index is -0.369. The van der Waals surface area contributed by atoms with Gasteiger partial charge in [0, 0.05) is 10.9 Å². The van der Waals surface area contributed by atoms with Crippen LogP contribution in [0.2, 0.25) is 0 Å². The van der Waals surface area contributed by atoms with Crippen LogP contribution in [0.15, 0.2) is 48.5 Å². The maximum atomic E-state index is 11.7. The first-order valence-electron chi connectivity index (χ1n) is 7.92. The van der Waals surface area contributed by atoms with Crippen LogP contribution in [0.25, 0.3) is 33.2 Å². The molecule has 0 saturated carbocycles. The lowest BCUT2D eigenvalue weighted by Gasteiger charge is -2.03. The Balaban J connectivity index is 1.83. The summed E-state index contributed by atoms with van der Waals surface area (Å²) in [7, 11) is 0. The molecule has 2 aromatic heterocycles. The molecule has 0 aliphatic rings. The van der Waals surface area contributed by atoms with E-state index >= 15 is 0 Å². The third-order valence-electron chi connectivity index (χ3n) is 4.06.